The molecule has 1 N–H and O–H groups in total. The van der Waals surface area contributed by atoms with E-state index in [1.807, 2.05) is 31.2 Å². The number of anilines is 2. The number of hydrogen-bond donors (Lipinski definition) is 1. The van der Waals surface area contributed by atoms with E-state index in [4.69, 9.17) is 4.74 Å². The number of ether oxygens (including phenoxy) is 1. The average molecular weight is 312 g/mol. The smallest absolute Gasteiger partial charge is 0.262 e. The molecule has 0 spiro atoms. The van der Waals surface area contributed by atoms with Crippen molar-refractivity contribution in [3.05, 3.63) is 54.1 Å². The van der Waals surface area contributed by atoms with Crippen LogP contribution in [0, 0.1) is 6.92 Å². The minimum absolute atomic E-state index is 0.0478. The lowest BCUT2D eigenvalue weighted by Crippen LogP contribution is -2.23. The van der Waals surface area contributed by atoms with Crippen LogP contribution in [0.25, 0.3) is 0 Å². The number of nitrogens with zero attached hydrogens (tertiary/aromatic N) is 1. The Balaban J connectivity index is 1.89. The fourth-order valence-electron chi connectivity index (χ4n) is 2.00. The van der Waals surface area contributed by atoms with Gasteiger partial charge in [-0.15, -0.1) is 0 Å². The summed E-state index contributed by atoms with van der Waals surface area (Å²) in [5, 5.41) is 2.75. The highest BCUT2D eigenvalue weighted by atomic mass is 16.5. The summed E-state index contributed by atoms with van der Waals surface area (Å²) in [6.45, 7) is 3.41. The predicted octanol–water partition coefficient (Wildman–Crippen LogP) is 3.00. The molecule has 0 aliphatic rings. The summed E-state index contributed by atoms with van der Waals surface area (Å²) in [5.74, 6) is 0.381. The van der Waals surface area contributed by atoms with Gasteiger partial charge < -0.3 is 15.0 Å². The molecule has 0 heterocycles. The molecule has 2 aromatic rings. The Labute approximate surface area is 135 Å². The Hall–Kier alpha value is -2.82. The summed E-state index contributed by atoms with van der Waals surface area (Å²) in [7, 11) is 1.70. The third-order valence-corrected chi connectivity index (χ3v) is 3.37. The first-order valence-electron chi connectivity index (χ1n) is 7.29. The highest BCUT2D eigenvalue weighted by Gasteiger charge is 2.07. The molecule has 23 heavy (non-hydrogen) atoms. The van der Waals surface area contributed by atoms with Crippen LogP contribution >= 0.6 is 0 Å². The van der Waals surface area contributed by atoms with Crippen LogP contribution in [0.5, 0.6) is 5.75 Å². The van der Waals surface area contributed by atoms with Crippen LogP contribution in [-0.4, -0.2) is 25.5 Å². The molecule has 0 saturated heterocycles. The maximum Gasteiger partial charge on any atom is 0.262 e. The first kappa shape index (κ1) is 16.5. The van der Waals surface area contributed by atoms with Crippen molar-refractivity contribution < 1.29 is 14.3 Å². The normalized spacial score (nSPS) is 10.0. The number of rotatable bonds is 5. The van der Waals surface area contributed by atoms with Crippen LogP contribution in [0.1, 0.15) is 12.5 Å². The predicted molar refractivity (Wildman–Crippen MR) is 90.8 cm³/mol. The Morgan fingerprint density at radius 1 is 1.13 bits per heavy atom. The van der Waals surface area contributed by atoms with Crippen LogP contribution in [0.4, 0.5) is 11.4 Å². The quantitative estimate of drug-likeness (QED) is 0.923. The van der Waals surface area contributed by atoms with Gasteiger partial charge in [0, 0.05) is 25.3 Å². The average Bonchev–Trinajstić information content (AvgIpc) is 2.53. The zero-order valence-electron chi connectivity index (χ0n) is 13.5. The minimum Gasteiger partial charge on any atom is -0.484 e. The summed E-state index contributed by atoms with van der Waals surface area (Å²) in [6.07, 6.45) is 0. The molecule has 2 amide bonds. The van der Waals surface area contributed by atoms with Crippen molar-refractivity contribution in [3.8, 4) is 5.75 Å². The molecule has 0 saturated carbocycles. The van der Waals surface area contributed by atoms with Gasteiger partial charge in [0.2, 0.25) is 5.91 Å². The zero-order valence-corrected chi connectivity index (χ0v) is 13.5. The molecular weight excluding hydrogens is 292 g/mol. The van der Waals surface area contributed by atoms with Crippen molar-refractivity contribution in [1.29, 1.82) is 0 Å². The van der Waals surface area contributed by atoms with E-state index in [2.05, 4.69) is 5.32 Å². The second-order valence-corrected chi connectivity index (χ2v) is 5.28. The number of nitrogens with one attached hydrogen (secondary N) is 1. The third kappa shape index (κ3) is 4.85. The molecule has 2 aromatic carbocycles. The fraction of sp³-hybridized carbons (Fsp3) is 0.222. The van der Waals surface area contributed by atoms with Gasteiger partial charge in [-0.3, -0.25) is 9.59 Å². The van der Waals surface area contributed by atoms with Gasteiger partial charge >= 0.3 is 0 Å². The Morgan fingerprint density at radius 3 is 2.43 bits per heavy atom. The van der Waals surface area contributed by atoms with Crippen LogP contribution in [0.2, 0.25) is 0 Å². The van der Waals surface area contributed by atoms with E-state index in [0.29, 0.717) is 11.4 Å². The monoisotopic (exact) mass is 312 g/mol. The number of amides is 2. The second kappa shape index (κ2) is 7.45. The van der Waals surface area contributed by atoms with E-state index in [0.717, 1.165) is 11.3 Å². The van der Waals surface area contributed by atoms with Gasteiger partial charge in [0.25, 0.3) is 5.91 Å². The summed E-state index contributed by atoms with van der Waals surface area (Å²) in [5.41, 5.74) is 2.50. The maximum absolute atomic E-state index is 11.9. The standard InChI is InChI=1S/C18H20N2O3/c1-13-5-4-6-17(11-13)23-12-18(22)19-15-7-9-16(10-8-15)20(3)14(2)21/h4-11H,12H2,1-3H3,(H,19,22). The van der Waals surface area contributed by atoms with Crippen LogP contribution in [0.3, 0.4) is 0 Å². The molecular formula is C18H20N2O3. The Kier molecular flexibility index (Phi) is 5.36. The fourth-order valence-corrected chi connectivity index (χ4v) is 2.00. The summed E-state index contributed by atoms with van der Waals surface area (Å²) >= 11 is 0. The molecule has 0 aromatic heterocycles. The van der Waals surface area contributed by atoms with E-state index < -0.39 is 0 Å². The maximum atomic E-state index is 11.9. The lowest BCUT2D eigenvalue weighted by molar-refractivity contribution is -0.118. The lowest BCUT2D eigenvalue weighted by atomic mass is 10.2. The molecule has 2 rings (SSSR count). The number of aryl methyl sites for hydroxylation is 1. The van der Waals surface area contributed by atoms with Crippen LogP contribution in [-0.2, 0) is 9.59 Å². The highest BCUT2D eigenvalue weighted by molar-refractivity contribution is 5.93. The Bertz CT molecular complexity index is 696. The van der Waals surface area contributed by atoms with Gasteiger partial charge in [0.05, 0.1) is 0 Å². The molecule has 0 aliphatic heterocycles. The topological polar surface area (TPSA) is 58.6 Å². The van der Waals surface area contributed by atoms with Gasteiger partial charge in [0.1, 0.15) is 5.75 Å². The lowest BCUT2D eigenvalue weighted by Gasteiger charge is -2.15. The number of hydrogen-bond acceptors (Lipinski definition) is 3. The first-order chi connectivity index (χ1) is 11.0. The molecule has 5 heteroatoms. The van der Waals surface area contributed by atoms with Gasteiger partial charge in [-0.2, -0.15) is 0 Å². The van der Waals surface area contributed by atoms with Crippen molar-refractivity contribution in [3.63, 3.8) is 0 Å². The number of carbonyl (C=O) groups is 2. The number of carbonyl (C=O) groups excluding carboxylic acids is 2. The molecule has 0 bridgehead atoms. The molecule has 0 atom stereocenters. The second-order valence-electron chi connectivity index (χ2n) is 5.28. The molecule has 0 aliphatic carbocycles. The third-order valence-electron chi connectivity index (χ3n) is 3.37. The van der Waals surface area contributed by atoms with Gasteiger partial charge in [-0.05, 0) is 48.9 Å². The van der Waals surface area contributed by atoms with Crippen molar-refractivity contribution >= 4 is 23.2 Å². The van der Waals surface area contributed by atoms with E-state index in [-0.39, 0.29) is 18.4 Å². The summed E-state index contributed by atoms with van der Waals surface area (Å²) in [4.78, 5) is 24.7. The van der Waals surface area contributed by atoms with Crippen molar-refractivity contribution in [1.82, 2.24) is 0 Å². The van der Waals surface area contributed by atoms with E-state index >= 15 is 0 Å². The largest absolute Gasteiger partial charge is 0.484 e. The summed E-state index contributed by atoms with van der Waals surface area (Å²) in [6, 6.07) is 14.6. The number of benzene rings is 2. The van der Waals surface area contributed by atoms with Crippen LogP contribution in [0.15, 0.2) is 48.5 Å². The van der Waals surface area contributed by atoms with Crippen molar-refractivity contribution in [2.75, 3.05) is 23.9 Å². The Morgan fingerprint density at radius 2 is 1.83 bits per heavy atom. The zero-order chi connectivity index (χ0) is 16.8. The summed E-state index contributed by atoms with van der Waals surface area (Å²) < 4.78 is 5.45. The van der Waals surface area contributed by atoms with Gasteiger partial charge in [-0.25, -0.2) is 0 Å². The minimum atomic E-state index is -0.237. The van der Waals surface area contributed by atoms with Crippen molar-refractivity contribution in [2.24, 2.45) is 0 Å². The van der Waals surface area contributed by atoms with E-state index in [1.165, 1.54) is 11.8 Å². The molecule has 120 valence electrons. The van der Waals surface area contributed by atoms with E-state index in [1.54, 1.807) is 31.3 Å². The highest BCUT2D eigenvalue weighted by Crippen LogP contribution is 2.17. The molecule has 0 unspecified atom stereocenters. The molecule has 0 radical (unpaired) electrons. The van der Waals surface area contributed by atoms with Gasteiger partial charge in [-0.1, -0.05) is 12.1 Å². The molecule has 5 nitrogen and oxygen atoms in total. The SMILES string of the molecule is CC(=O)N(C)c1ccc(NC(=O)COc2cccc(C)c2)cc1. The van der Waals surface area contributed by atoms with E-state index in [9.17, 15) is 9.59 Å². The molecule has 0 fully saturated rings. The van der Waals surface area contributed by atoms with Crippen molar-refractivity contribution in [2.45, 2.75) is 13.8 Å². The van der Waals surface area contributed by atoms with Gasteiger partial charge in [0.15, 0.2) is 6.61 Å². The van der Waals surface area contributed by atoms with Crippen LogP contribution < -0.4 is 15.0 Å². The first-order valence-corrected chi connectivity index (χ1v) is 7.29.